The maximum absolute atomic E-state index is 11.4. The van der Waals surface area contributed by atoms with Gasteiger partial charge < -0.3 is 10.2 Å². The fourth-order valence-corrected chi connectivity index (χ4v) is 1.69. The molecule has 0 aromatic rings. The van der Waals surface area contributed by atoms with Gasteiger partial charge in [0.05, 0.1) is 0 Å². The van der Waals surface area contributed by atoms with E-state index in [4.69, 9.17) is 10.8 Å². The Balaban J connectivity index is 2.39. The molecular weight excluding hydrogens is 276 g/mol. The zero-order chi connectivity index (χ0) is 12.1. The Morgan fingerprint density at radius 2 is 1.94 bits per heavy atom. The van der Waals surface area contributed by atoms with Crippen LogP contribution in [0.15, 0.2) is 0 Å². The van der Waals surface area contributed by atoms with E-state index in [2.05, 4.69) is 21.2 Å². The van der Waals surface area contributed by atoms with Crippen LogP contribution in [0.5, 0.6) is 0 Å². The van der Waals surface area contributed by atoms with Gasteiger partial charge in [0, 0.05) is 19.1 Å². The molecule has 1 rings (SSSR count). The average Bonchev–Trinajstić information content (AvgIpc) is 2.28. The summed E-state index contributed by atoms with van der Waals surface area (Å²) in [6.45, 7) is 1.24. The first kappa shape index (κ1) is 12.8. The van der Waals surface area contributed by atoms with Crippen molar-refractivity contribution in [2.75, 3.05) is 13.1 Å². The minimum atomic E-state index is -0.550. The van der Waals surface area contributed by atoms with E-state index in [1.807, 2.05) is 0 Å². The summed E-state index contributed by atoms with van der Waals surface area (Å²) in [4.78, 5) is 23.5. The predicted molar refractivity (Wildman–Crippen MR) is 63.2 cm³/mol. The van der Waals surface area contributed by atoms with Gasteiger partial charge in [0.15, 0.2) is 5.71 Å². The summed E-state index contributed by atoms with van der Waals surface area (Å²) in [5, 5.41) is 17.0. The zero-order valence-corrected chi connectivity index (χ0v) is 10.2. The van der Waals surface area contributed by atoms with Crippen molar-refractivity contribution in [3.8, 4) is 0 Å². The summed E-state index contributed by atoms with van der Waals surface area (Å²) in [6.07, 6.45) is 2.18. The third-order valence-electron chi connectivity index (χ3n) is 2.46. The van der Waals surface area contributed by atoms with Crippen molar-refractivity contribution in [3.63, 3.8) is 0 Å². The van der Waals surface area contributed by atoms with Crippen molar-refractivity contribution >= 4 is 38.6 Å². The zero-order valence-electron chi connectivity index (χ0n) is 8.62. The monoisotopic (exact) mass is 288 g/mol. The second-order valence-electron chi connectivity index (χ2n) is 3.58. The topological polar surface area (TPSA) is 97.1 Å². The van der Waals surface area contributed by atoms with Crippen molar-refractivity contribution in [1.29, 1.82) is 10.8 Å². The summed E-state index contributed by atoms with van der Waals surface area (Å²) in [5.41, 5.74) is -0.377. The first-order valence-corrected chi connectivity index (χ1v) is 5.67. The molecule has 0 aromatic carbocycles. The van der Waals surface area contributed by atoms with Gasteiger partial charge in [-0.05, 0) is 28.8 Å². The lowest BCUT2D eigenvalue weighted by molar-refractivity contribution is -0.119. The maximum atomic E-state index is 11.4. The van der Waals surface area contributed by atoms with Gasteiger partial charge in [0.2, 0.25) is 6.41 Å². The predicted octanol–water partition coefficient (Wildman–Crippen LogP) is 0.115. The number of likely N-dealkylation sites (tertiary alicyclic amines) is 1. The first-order chi connectivity index (χ1) is 7.54. The smallest absolute Gasteiger partial charge is 0.272 e. The van der Waals surface area contributed by atoms with Gasteiger partial charge in [-0.3, -0.25) is 20.4 Å². The quantitative estimate of drug-likeness (QED) is 0.506. The molecule has 0 saturated carbocycles. The Labute approximate surface area is 102 Å². The van der Waals surface area contributed by atoms with E-state index < -0.39 is 5.91 Å². The number of piperidine rings is 1. The van der Waals surface area contributed by atoms with Crippen molar-refractivity contribution < 1.29 is 9.59 Å². The number of carbonyl (C=O) groups excluding carboxylic acids is 2. The summed E-state index contributed by atoms with van der Waals surface area (Å²) < 4.78 is -0.227. The van der Waals surface area contributed by atoms with Crippen LogP contribution >= 0.6 is 15.9 Å². The lowest BCUT2D eigenvalue weighted by Gasteiger charge is -2.29. The number of nitrogens with zero attached hydrogens (tertiary/aromatic N) is 1. The second kappa shape index (κ2) is 5.74. The Morgan fingerprint density at radius 3 is 2.38 bits per heavy atom. The van der Waals surface area contributed by atoms with Crippen LogP contribution in [0.25, 0.3) is 0 Å². The summed E-state index contributed by atoms with van der Waals surface area (Å²) in [6, 6.07) is -0.0177. The molecule has 0 atom stereocenters. The fraction of sp³-hybridized carbons (Fsp3) is 0.556. The van der Waals surface area contributed by atoms with Crippen molar-refractivity contribution in [2.45, 2.75) is 18.9 Å². The first-order valence-electron chi connectivity index (χ1n) is 4.87. The SMILES string of the molecule is N=C(Br)C(=N)C(=O)NC1CCN(C=O)CC1. The standard InChI is InChI=1S/C9H13BrN4O2/c10-8(12)7(11)9(16)13-6-1-3-14(5-15)4-2-6/h5-6,11-12H,1-4H2,(H,13,16). The number of amides is 2. The van der Waals surface area contributed by atoms with Crippen LogP contribution in [0, 0.1) is 10.8 Å². The molecule has 0 aliphatic carbocycles. The van der Waals surface area contributed by atoms with Crippen LogP contribution < -0.4 is 5.32 Å². The molecule has 1 heterocycles. The van der Waals surface area contributed by atoms with Gasteiger partial charge in [-0.2, -0.15) is 0 Å². The molecule has 1 saturated heterocycles. The minimum absolute atomic E-state index is 0.0177. The van der Waals surface area contributed by atoms with Crippen LogP contribution in [-0.4, -0.2) is 46.7 Å². The highest BCUT2D eigenvalue weighted by Crippen LogP contribution is 2.08. The van der Waals surface area contributed by atoms with E-state index in [0.717, 1.165) is 6.41 Å². The van der Waals surface area contributed by atoms with Gasteiger partial charge in [-0.25, -0.2) is 0 Å². The van der Waals surface area contributed by atoms with E-state index in [1.165, 1.54) is 0 Å². The lowest BCUT2D eigenvalue weighted by Crippen LogP contribution is -2.46. The molecule has 0 spiro atoms. The lowest BCUT2D eigenvalue weighted by atomic mass is 10.1. The van der Waals surface area contributed by atoms with Crippen LogP contribution in [0.2, 0.25) is 0 Å². The van der Waals surface area contributed by atoms with Crippen molar-refractivity contribution in [2.24, 2.45) is 0 Å². The van der Waals surface area contributed by atoms with E-state index in [-0.39, 0.29) is 16.4 Å². The Morgan fingerprint density at radius 1 is 1.38 bits per heavy atom. The largest absolute Gasteiger partial charge is 0.348 e. The highest BCUT2D eigenvalue weighted by atomic mass is 79.9. The fourth-order valence-electron chi connectivity index (χ4n) is 1.51. The van der Waals surface area contributed by atoms with E-state index in [1.54, 1.807) is 4.90 Å². The van der Waals surface area contributed by atoms with Crippen LogP contribution in [0.1, 0.15) is 12.8 Å². The normalized spacial score (nSPS) is 16.7. The molecule has 1 aliphatic rings. The van der Waals surface area contributed by atoms with E-state index >= 15 is 0 Å². The van der Waals surface area contributed by atoms with Gasteiger partial charge >= 0.3 is 0 Å². The average molecular weight is 289 g/mol. The molecule has 2 amide bonds. The molecule has 6 nitrogen and oxygen atoms in total. The molecular formula is C9H13BrN4O2. The molecule has 0 radical (unpaired) electrons. The molecule has 0 bridgehead atoms. The molecule has 0 unspecified atom stereocenters. The Kier molecular flexibility index (Phi) is 4.60. The van der Waals surface area contributed by atoms with Crippen LogP contribution in [-0.2, 0) is 9.59 Å². The van der Waals surface area contributed by atoms with E-state index in [0.29, 0.717) is 25.9 Å². The van der Waals surface area contributed by atoms with Gasteiger partial charge in [-0.15, -0.1) is 0 Å². The molecule has 88 valence electrons. The third kappa shape index (κ3) is 3.41. The summed E-state index contributed by atoms with van der Waals surface area (Å²) in [7, 11) is 0. The van der Waals surface area contributed by atoms with Crippen LogP contribution in [0.4, 0.5) is 0 Å². The van der Waals surface area contributed by atoms with Crippen molar-refractivity contribution in [3.05, 3.63) is 0 Å². The molecule has 3 N–H and O–H groups in total. The summed E-state index contributed by atoms with van der Waals surface area (Å²) >= 11 is 2.77. The maximum Gasteiger partial charge on any atom is 0.272 e. The Hall–Kier alpha value is -1.24. The number of halogens is 1. The molecule has 1 fully saturated rings. The second-order valence-corrected chi connectivity index (χ2v) is 4.37. The highest BCUT2D eigenvalue weighted by molar-refractivity contribution is 9.19. The number of hydrogen-bond donors (Lipinski definition) is 3. The Bertz CT molecular complexity index is 323. The number of carbonyl (C=O) groups is 2. The number of nitrogens with one attached hydrogen (secondary N) is 3. The van der Waals surface area contributed by atoms with Crippen LogP contribution in [0.3, 0.4) is 0 Å². The third-order valence-corrected chi connectivity index (χ3v) is 2.86. The number of rotatable bonds is 4. The summed E-state index contributed by atoms with van der Waals surface area (Å²) in [5.74, 6) is -0.550. The number of hydrogen-bond acceptors (Lipinski definition) is 4. The van der Waals surface area contributed by atoms with Crippen molar-refractivity contribution in [1.82, 2.24) is 10.2 Å². The van der Waals surface area contributed by atoms with E-state index in [9.17, 15) is 9.59 Å². The minimum Gasteiger partial charge on any atom is -0.348 e. The molecule has 7 heteroatoms. The molecule has 0 aromatic heterocycles. The van der Waals surface area contributed by atoms with Gasteiger partial charge in [-0.1, -0.05) is 0 Å². The highest BCUT2D eigenvalue weighted by Gasteiger charge is 2.21. The van der Waals surface area contributed by atoms with Gasteiger partial charge in [0.1, 0.15) is 4.62 Å². The van der Waals surface area contributed by atoms with Gasteiger partial charge in [0.25, 0.3) is 5.91 Å². The molecule has 1 aliphatic heterocycles. The molecule has 16 heavy (non-hydrogen) atoms.